The summed E-state index contributed by atoms with van der Waals surface area (Å²) in [5.74, 6) is 0. The molecule has 0 aliphatic heterocycles. The monoisotopic (exact) mass is 285 g/mol. The third-order valence-electron chi connectivity index (χ3n) is 2.97. The Morgan fingerprint density at radius 1 is 1.38 bits per heavy atom. The molecule has 0 bridgehead atoms. The summed E-state index contributed by atoms with van der Waals surface area (Å²) >= 11 is 3.42. The number of nitrogens with one attached hydrogen (secondary N) is 1. The van der Waals surface area contributed by atoms with Crippen LogP contribution in [0.3, 0.4) is 0 Å². The number of hydrogen-bond donors (Lipinski definition) is 2. The van der Waals surface area contributed by atoms with Crippen LogP contribution in [0.25, 0.3) is 0 Å². The van der Waals surface area contributed by atoms with Gasteiger partial charge >= 0.3 is 0 Å². The topological polar surface area (TPSA) is 32.3 Å². The normalized spacial score (nSPS) is 16.8. The quantitative estimate of drug-likeness (QED) is 0.872. The second-order valence-electron chi connectivity index (χ2n) is 4.45. The molecule has 1 aromatic carbocycles. The van der Waals surface area contributed by atoms with Crippen LogP contribution in [0.5, 0.6) is 0 Å². The number of halogens is 1. The van der Waals surface area contributed by atoms with Crippen LogP contribution in [0, 0.1) is 0 Å². The van der Waals surface area contributed by atoms with Gasteiger partial charge in [0.25, 0.3) is 0 Å². The first-order valence-electron chi connectivity index (χ1n) is 5.66. The van der Waals surface area contributed by atoms with E-state index in [9.17, 15) is 5.11 Å². The molecule has 0 saturated heterocycles. The molecule has 90 valence electrons. The Bertz CT molecular complexity index is 325. The molecule has 0 amide bonds. The lowest BCUT2D eigenvalue weighted by molar-refractivity contribution is 0.162. The first-order chi connectivity index (χ1) is 7.51. The zero-order valence-electron chi connectivity index (χ0n) is 10.1. The SMILES string of the molecule is CCC(C)NC(C)(CO)c1ccc(Br)cc1. The molecule has 2 N–H and O–H groups in total. The Morgan fingerprint density at radius 3 is 2.38 bits per heavy atom. The highest BCUT2D eigenvalue weighted by Crippen LogP contribution is 2.23. The van der Waals surface area contributed by atoms with E-state index in [-0.39, 0.29) is 12.1 Å². The molecule has 0 aliphatic carbocycles. The molecule has 0 spiro atoms. The second-order valence-corrected chi connectivity index (χ2v) is 5.37. The first-order valence-corrected chi connectivity index (χ1v) is 6.45. The van der Waals surface area contributed by atoms with Crippen molar-refractivity contribution in [1.82, 2.24) is 5.32 Å². The molecule has 3 heteroatoms. The molecule has 16 heavy (non-hydrogen) atoms. The summed E-state index contributed by atoms with van der Waals surface area (Å²) in [7, 11) is 0. The number of rotatable bonds is 5. The fourth-order valence-electron chi connectivity index (χ4n) is 1.68. The zero-order valence-corrected chi connectivity index (χ0v) is 11.7. The van der Waals surface area contributed by atoms with Crippen molar-refractivity contribution in [3.8, 4) is 0 Å². The molecular formula is C13H20BrNO. The highest BCUT2D eigenvalue weighted by Gasteiger charge is 2.26. The van der Waals surface area contributed by atoms with Gasteiger partial charge in [0, 0.05) is 10.5 Å². The smallest absolute Gasteiger partial charge is 0.0652 e. The molecule has 2 nitrogen and oxygen atoms in total. The minimum absolute atomic E-state index is 0.0962. The van der Waals surface area contributed by atoms with Gasteiger partial charge in [0.05, 0.1) is 12.1 Å². The Morgan fingerprint density at radius 2 is 1.94 bits per heavy atom. The van der Waals surface area contributed by atoms with Gasteiger partial charge in [-0.1, -0.05) is 35.0 Å². The summed E-state index contributed by atoms with van der Waals surface area (Å²) in [6.07, 6.45) is 1.05. The summed E-state index contributed by atoms with van der Waals surface area (Å²) in [5.41, 5.74) is 0.745. The minimum atomic E-state index is -0.365. The van der Waals surface area contributed by atoms with E-state index in [4.69, 9.17) is 0 Å². The maximum absolute atomic E-state index is 9.58. The van der Waals surface area contributed by atoms with Crippen LogP contribution in [0.2, 0.25) is 0 Å². The standard InChI is InChI=1S/C13H20BrNO/c1-4-10(2)15-13(3,9-16)11-5-7-12(14)8-6-11/h5-8,10,15-16H,4,9H2,1-3H3. The maximum atomic E-state index is 9.58. The summed E-state index contributed by atoms with van der Waals surface area (Å²) in [6, 6.07) is 8.47. The Labute approximate surface area is 106 Å². The Balaban J connectivity index is 2.90. The minimum Gasteiger partial charge on any atom is -0.394 e. The summed E-state index contributed by atoms with van der Waals surface area (Å²) < 4.78 is 1.06. The molecule has 0 saturated carbocycles. The third kappa shape index (κ3) is 3.30. The van der Waals surface area contributed by atoms with Crippen LogP contribution in [-0.4, -0.2) is 17.8 Å². The number of aliphatic hydroxyl groups excluding tert-OH is 1. The van der Waals surface area contributed by atoms with Crippen LogP contribution >= 0.6 is 15.9 Å². The molecule has 0 aromatic heterocycles. The van der Waals surface area contributed by atoms with E-state index >= 15 is 0 Å². The average Bonchev–Trinajstić information content (AvgIpc) is 2.29. The van der Waals surface area contributed by atoms with Gasteiger partial charge in [-0.3, -0.25) is 0 Å². The van der Waals surface area contributed by atoms with E-state index < -0.39 is 0 Å². The average molecular weight is 286 g/mol. The van der Waals surface area contributed by atoms with Crippen molar-refractivity contribution in [1.29, 1.82) is 0 Å². The lowest BCUT2D eigenvalue weighted by Gasteiger charge is -2.32. The van der Waals surface area contributed by atoms with E-state index in [1.807, 2.05) is 31.2 Å². The molecule has 1 rings (SSSR count). The van der Waals surface area contributed by atoms with Gasteiger partial charge in [0.2, 0.25) is 0 Å². The van der Waals surface area contributed by atoms with Crippen molar-refractivity contribution in [3.63, 3.8) is 0 Å². The van der Waals surface area contributed by atoms with Crippen molar-refractivity contribution in [2.45, 2.75) is 38.8 Å². The summed E-state index contributed by atoms with van der Waals surface area (Å²) in [4.78, 5) is 0. The van der Waals surface area contributed by atoms with Crippen molar-refractivity contribution in [3.05, 3.63) is 34.3 Å². The lowest BCUT2D eigenvalue weighted by atomic mass is 9.92. The van der Waals surface area contributed by atoms with Crippen molar-refractivity contribution in [2.75, 3.05) is 6.61 Å². The molecule has 0 radical (unpaired) electrons. The first kappa shape index (κ1) is 13.7. The number of hydrogen-bond acceptors (Lipinski definition) is 2. The van der Waals surface area contributed by atoms with E-state index in [2.05, 4.69) is 35.1 Å². The van der Waals surface area contributed by atoms with Crippen LogP contribution in [-0.2, 0) is 5.54 Å². The molecule has 2 atom stereocenters. The zero-order chi connectivity index (χ0) is 12.2. The maximum Gasteiger partial charge on any atom is 0.0652 e. The highest BCUT2D eigenvalue weighted by atomic mass is 79.9. The fraction of sp³-hybridized carbons (Fsp3) is 0.538. The number of benzene rings is 1. The Hall–Kier alpha value is -0.380. The molecule has 1 aromatic rings. The van der Waals surface area contributed by atoms with Gasteiger partial charge in [-0.05, 0) is 38.0 Å². The van der Waals surface area contributed by atoms with Crippen molar-refractivity contribution in [2.24, 2.45) is 0 Å². The molecule has 0 aliphatic rings. The predicted molar refractivity (Wildman–Crippen MR) is 71.5 cm³/mol. The van der Waals surface area contributed by atoms with Gasteiger partial charge in [0.1, 0.15) is 0 Å². The third-order valence-corrected chi connectivity index (χ3v) is 3.50. The fourth-order valence-corrected chi connectivity index (χ4v) is 1.95. The second kappa shape index (κ2) is 5.80. The van der Waals surface area contributed by atoms with Crippen molar-refractivity contribution >= 4 is 15.9 Å². The largest absolute Gasteiger partial charge is 0.394 e. The molecule has 0 heterocycles. The van der Waals surface area contributed by atoms with Gasteiger partial charge in [0.15, 0.2) is 0 Å². The van der Waals surface area contributed by atoms with Gasteiger partial charge in [-0.15, -0.1) is 0 Å². The molecule has 0 fully saturated rings. The lowest BCUT2D eigenvalue weighted by Crippen LogP contribution is -2.47. The number of aliphatic hydroxyl groups is 1. The van der Waals surface area contributed by atoms with Crippen molar-refractivity contribution < 1.29 is 5.11 Å². The van der Waals surface area contributed by atoms with Gasteiger partial charge in [-0.2, -0.15) is 0 Å². The summed E-state index contributed by atoms with van der Waals surface area (Å²) in [6.45, 7) is 6.39. The van der Waals surface area contributed by atoms with E-state index in [1.54, 1.807) is 0 Å². The molecular weight excluding hydrogens is 266 g/mol. The van der Waals surface area contributed by atoms with Crippen LogP contribution in [0.1, 0.15) is 32.8 Å². The van der Waals surface area contributed by atoms with E-state index in [0.29, 0.717) is 6.04 Å². The van der Waals surface area contributed by atoms with E-state index in [0.717, 1.165) is 16.5 Å². The highest BCUT2D eigenvalue weighted by molar-refractivity contribution is 9.10. The molecule has 2 unspecified atom stereocenters. The summed E-state index contributed by atoms with van der Waals surface area (Å²) in [5, 5.41) is 13.0. The van der Waals surface area contributed by atoms with Gasteiger partial charge < -0.3 is 10.4 Å². The Kier molecular flexibility index (Phi) is 4.96. The van der Waals surface area contributed by atoms with E-state index in [1.165, 1.54) is 0 Å². The van der Waals surface area contributed by atoms with Gasteiger partial charge in [-0.25, -0.2) is 0 Å². The predicted octanol–water partition coefficient (Wildman–Crippen LogP) is 3.04. The van der Waals surface area contributed by atoms with Crippen LogP contribution < -0.4 is 5.32 Å². The van der Waals surface area contributed by atoms with Crippen LogP contribution in [0.15, 0.2) is 28.7 Å². The van der Waals surface area contributed by atoms with Crippen LogP contribution in [0.4, 0.5) is 0 Å².